The lowest BCUT2D eigenvalue weighted by atomic mass is 9.81. The molecule has 0 saturated carbocycles. The summed E-state index contributed by atoms with van der Waals surface area (Å²) in [4.78, 5) is 2.33. The number of fused-ring (bicyclic) bond motifs is 3. The Balaban J connectivity index is 2.12. The summed E-state index contributed by atoms with van der Waals surface area (Å²) >= 11 is 9.82. The number of likely N-dealkylation sites (tertiary alicyclic amines) is 1. The first-order valence-corrected chi connectivity index (χ1v) is 6.97. The molecule has 3 rings (SSSR count). The van der Waals surface area contributed by atoms with Gasteiger partial charge >= 0.3 is 0 Å². The van der Waals surface area contributed by atoms with Crippen molar-refractivity contribution in [2.24, 2.45) is 0 Å². The van der Waals surface area contributed by atoms with Crippen LogP contribution in [0.3, 0.4) is 0 Å². The van der Waals surface area contributed by atoms with Gasteiger partial charge in [-0.05, 0) is 41.5 Å². The molecule has 1 saturated heterocycles. The molecule has 92 valence electrons. The number of likely N-dealkylation sites (N-methyl/N-ethyl adjacent to an activating group) is 1. The van der Waals surface area contributed by atoms with E-state index >= 15 is 0 Å². The number of hydrogen-bond donors (Lipinski definition) is 0. The first kappa shape index (κ1) is 12.0. The van der Waals surface area contributed by atoms with Crippen molar-refractivity contribution in [3.05, 3.63) is 32.8 Å². The van der Waals surface area contributed by atoms with Crippen LogP contribution < -0.4 is 0 Å². The van der Waals surface area contributed by atoms with E-state index in [1.807, 2.05) is 6.07 Å². The molecule has 0 unspecified atom stereocenters. The van der Waals surface area contributed by atoms with Crippen LogP contribution in [0, 0.1) is 0 Å². The first-order chi connectivity index (χ1) is 8.01. The molecule has 2 aliphatic heterocycles. The van der Waals surface area contributed by atoms with Gasteiger partial charge in [-0.15, -0.1) is 0 Å². The van der Waals surface area contributed by atoms with E-state index in [1.165, 1.54) is 5.56 Å². The Morgan fingerprint density at radius 2 is 2.29 bits per heavy atom. The molecule has 2 heterocycles. The lowest BCUT2D eigenvalue weighted by Crippen LogP contribution is -2.39. The van der Waals surface area contributed by atoms with Gasteiger partial charge in [0.25, 0.3) is 0 Å². The van der Waals surface area contributed by atoms with E-state index in [9.17, 15) is 0 Å². The van der Waals surface area contributed by atoms with Crippen LogP contribution in [-0.4, -0.2) is 30.6 Å². The molecule has 4 heteroatoms. The third-order valence-corrected chi connectivity index (χ3v) is 5.29. The number of rotatable bonds is 0. The van der Waals surface area contributed by atoms with Gasteiger partial charge in [-0.25, -0.2) is 0 Å². The minimum Gasteiger partial charge on any atom is -0.369 e. The summed E-state index contributed by atoms with van der Waals surface area (Å²) in [6.07, 6.45) is 0. The van der Waals surface area contributed by atoms with Gasteiger partial charge in [-0.3, -0.25) is 0 Å². The standard InChI is InChI=1S/C13H15BrClNO/c1-13-7-16(2)5-10(13)8-3-4-11(14)12(15)9(8)6-17-13/h3-4,10H,5-7H2,1-2H3/t10-,13+/m0/s1. The summed E-state index contributed by atoms with van der Waals surface area (Å²) in [6.45, 7) is 4.86. The Bertz CT molecular complexity index is 479. The van der Waals surface area contributed by atoms with Gasteiger partial charge in [0, 0.05) is 29.0 Å². The second-order valence-electron chi connectivity index (χ2n) is 5.28. The highest BCUT2D eigenvalue weighted by atomic mass is 79.9. The van der Waals surface area contributed by atoms with Crippen molar-refractivity contribution in [2.45, 2.75) is 25.0 Å². The van der Waals surface area contributed by atoms with Crippen LogP contribution >= 0.6 is 27.5 Å². The fraction of sp³-hybridized carbons (Fsp3) is 0.538. The van der Waals surface area contributed by atoms with E-state index in [-0.39, 0.29) is 5.60 Å². The van der Waals surface area contributed by atoms with Crippen molar-refractivity contribution >= 4 is 27.5 Å². The number of halogens is 2. The minimum absolute atomic E-state index is 0.0566. The van der Waals surface area contributed by atoms with Crippen molar-refractivity contribution in [1.29, 1.82) is 0 Å². The third kappa shape index (κ3) is 1.75. The first-order valence-electron chi connectivity index (χ1n) is 5.80. The van der Waals surface area contributed by atoms with Crippen molar-refractivity contribution < 1.29 is 4.74 Å². The Morgan fingerprint density at radius 1 is 1.53 bits per heavy atom. The van der Waals surface area contributed by atoms with Crippen LogP contribution in [0.25, 0.3) is 0 Å². The van der Waals surface area contributed by atoms with E-state index in [4.69, 9.17) is 16.3 Å². The Kier molecular flexibility index (Phi) is 2.78. The van der Waals surface area contributed by atoms with Gasteiger partial charge < -0.3 is 9.64 Å². The minimum atomic E-state index is -0.0566. The van der Waals surface area contributed by atoms with Crippen LogP contribution in [0.2, 0.25) is 5.02 Å². The summed E-state index contributed by atoms with van der Waals surface area (Å²) in [5, 5.41) is 0.805. The number of ether oxygens (including phenoxy) is 1. The van der Waals surface area contributed by atoms with E-state index < -0.39 is 0 Å². The predicted molar refractivity (Wildman–Crippen MR) is 72.6 cm³/mol. The summed E-state index contributed by atoms with van der Waals surface area (Å²) < 4.78 is 7.03. The maximum Gasteiger partial charge on any atom is 0.0865 e. The van der Waals surface area contributed by atoms with E-state index in [0.717, 1.165) is 28.1 Å². The molecule has 0 bridgehead atoms. The molecule has 0 N–H and O–H groups in total. The average Bonchev–Trinajstić information content (AvgIpc) is 2.58. The lowest BCUT2D eigenvalue weighted by Gasteiger charge is -2.37. The predicted octanol–water partition coefficient (Wildman–Crippen LogP) is 3.42. The van der Waals surface area contributed by atoms with Crippen LogP contribution in [-0.2, 0) is 11.3 Å². The Morgan fingerprint density at radius 3 is 3.06 bits per heavy atom. The summed E-state index contributed by atoms with van der Waals surface area (Å²) in [5.74, 6) is 0.432. The van der Waals surface area contributed by atoms with Crippen LogP contribution in [0.1, 0.15) is 24.0 Å². The molecule has 0 radical (unpaired) electrons. The third-order valence-electron chi connectivity index (χ3n) is 3.97. The zero-order chi connectivity index (χ0) is 12.2. The summed E-state index contributed by atoms with van der Waals surface area (Å²) in [6, 6.07) is 4.24. The zero-order valence-corrected chi connectivity index (χ0v) is 12.3. The van der Waals surface area contributed by atoms with Gasteiger partial charge in [0.05, 0.1) is 17.2 Å². The molecular weight excluding hydrogens is 302 g/mol. The van der Waals surface area contributed by atoms with E-state index in [1.54, 1.807) is 0 Å². The Hall–Kier alpha value is -0.0900. The van der Waals surface area contributed by atoms with Gasteiger partial charge in [-0.1, -0.05) is 17.7 Å². The van der Waals surface area contributed by atoms with Gasteiger partial charge in [0.1, 0.15) is 0 Å². The Labute approximate surface area is 115 Å². The topological polar surface area (TPSA) is 12.5 Å². The average molecular weight is 317 g/mol. The molecule has 0 aliphatic carbocycles. The van der Waals surface area contributed by atoms with Crippen molar-refractivity contribution in [1.82, 2.24) is 4.90 Å². The SMILES string of the molecule is CN1C[C@H]2c3ccc(Br)c(Cl)c3CO[C@]2(C)C1. The van der Waals surface area contributed by atoms with Crippen LogP contribution in [0.15, 0.2) is 16.6 Å². The highest BCUT2D eigenvalue weighted by molar-refractivity contribution is 9.10. The van der Waals surface area contributed by atoms with E-state index in [0.29, 0.717) is 12.5 Å². The van der Waals surface area contributed by atoms with Crippen molar-refractivity contribution in [3.63, 3.8) is 0 Å². The summed E-state index contributed by atoms with van der Waals surface area (Å²) in [7, 11) is 2.15. The number of benzene rings is 1. The molecule has 1 fully saturated rings. The second kappa shape index (κ2) is 3.95. The largest absolute Gasteiger partial charge is 0.369 e. The maximum absolute atomic E-state index is 6.34. The van der Waals surface area contributed by atoms with Crippen molar-refractivity contribution in [2.75, 3.05) is 20.1 Å². The maximum atomic E-state index is 6.34. The normalized spacial score (nSPS) is 32.4. The smallest absolute Gasteiger partial charge is 0.0865 e. The molecular formula is C13H15BrClNO. The molecule has 2 atom stereocenters. The molecule has 2 aliphatic rings. The van der Waals surface area contributed by atoms with E-state index in [2.05, 4.69) is 40.9 Å². The molecule has 17 heavy (non-hydrogen) atoms. The highest BCUT2D eigenvalue weighted by Gasteiger charge is 2.47. The molecule has 0 amide bonds. The zero-order valence-electron chi connectivity index (χ0n) is 9.96. The molecule has 0 spiro atoms. The number of hydrogen-bond acceptors (Lipinski definition) is 2. The van der Waals surface area contributed by atoms with Crippen LogP contribution in [0.5, 0.6) is 0 Å². The fourth-order valence-electron chi connectivity index (χ4n) is 3.11. The van der Waals surface area contributed by atoms with Crippen LogP contribution in [0.4, 0.5) is 0 Å². The fourth-order valence-corrected chi connectivity index (χ4v) is 3.70. The molecule has 2 nitrogen and oxygen atoms in total. The molecule has 0 aromatic heterocycles. The highest BCUT2D eigenvalue weighted by Crippen LogP contribution is 2.46. The quantitative estimate of drug-likeness (QED) is 0.727. The summed E-state index contributed by atoms with van der Waals surface area (Å²) in [5.41, 5.74) is 2.45. The van der Waals surface area contributed by atoms with Crippen molar-refractivity contribution in [3.8, 4) is 0 Å². The molecule has 1 aromatic carbocycles. The monoisotopic (exact) mass is 315 g/mol. The van der Waals surface area contributed by atoms with Gasteiger partial charge in [0.15, 0.2) is 0 Å². The van der Waals surface area contributed by atoms with Gasteiger partial charge in [0.2, 0.25) is 0 Å². The lowest BCUT2D eigenvalue weighted by molar-refractivity contribution is -0.0556. The number of nitrogens with zero attached hydrogens (tertiary/aromatic N) is 1. The van der Waals surface area contributed by atoms with Gasteiger partial charge in [-0.2, -0.15) is 0 Å². The molecule has 1 aromatic rings. The second-order valence-corrected chi connectivity index (χ2v) is 6.51.